The molecule has 0 radical (unpaired) electrons. The number of halogens is 1. The predicted octanol–water partition coefficient (Wildman–Crippen LogP) is 5.52. The topological polar surface area (TPSA) is 117 Å². The lowest BCUT2D eigenvalue weighted by Crippen LogP contribution is -2.53. The lowest BCUT2D eigenvalue weighted by atomic mass is 9.64. The van der Waals surface area contributed by atoms with E-state index >= 15 is 0 Å². The number of nitrogens with one attached hydrogen (secondary N) is 2. The van der Waals surface area contributed by atoms with Gasteiger partial charge in [-0.05, 0) is 118 Å². The minimum Gasteiger partial charge on any atom is -0.490 e. The zero-order valence-electron chi connectivity index (χ0n) is 31.3. The third-order valence-corrected chi connectivity index (χ3v) is 15.1. The van der Waals surface area contributed by atoms with E-state index in [0.717, 1.165) is 50.1 Å². The number of piperazine rings is 1. The van der Waals surface area contributed by atoms with E-state index < -0.39 is 26.8 Å². The Morgan fingerprint density at radius 2 is 1.85 bits per heavy atom. The molecule has 3 fully saturated rings. The van der Waals surface area contributed by atoms with Crippen molar-refractivity contribution in [3.8, 4) is 5.75 Å². The van der Waals surface area contributed by atoms with E-state index in [0.29, 0.717) is 36.9 Å². The zero-order valence-corrected chi connectivity index (χ0v) is 32.9. The number of sulfonamides is 1. The van der Waals surface area contributed by atoms with Gasteiger partial charge in [0, 0.05) is 74.3 Å². The van der Waals surface area contributed by atoms with Crippen molar-refractivity contribution < 1.29 is 27.5 Å². The molecule has 2 N–H and O–H groups in total. The Balaban J connectivity index is 0.000000418. The van der Waals surface area contributed by atoms with E-state index in [1.807, 2.05) is 25.1 Å². The molecule has 0 unspecified atom stereocenters. The molecule has 0 aromatic heterocycles. The van der Waals surface area contributed by atoms with Crippen LogP contribution in [0, 0.1) is 17.8 Å². The summed E-state index contributed by atoms with van der Waals surface area (Å²) >= 11 is 6.40. The standard InChI is InChI=1S/C34H41ClN2O6S.C7H14N2/c1-22-6-4-15-34(20-38,42-3)29-11-8-26(29)18-37-19-33(14-5-7-24-16-27(35)10-12-28(24)33)21-43-31-13-9-25(17-30(31)37)32(39)36-44(40,41)23(22)2;1-2-7(1)9-5-3-8-4-6-9/h4,9-10,12-13,15-17,20,22-23,26,29H,5-8,11,14,18-19,21H2,1-3H3,(H,36,39);7-8H,1-6H2/b15-4+;/t22-,23+,26-,29+,33-,34-;/m0./s1. The van der Waals surface area contributed by atoms with Gasteiger partial charge in [-0.2, -0.15) is 0 Å². The summed E-state index contributed by atoms with van der Waals surface area (Å²) < 4.78 is 41.3. The van der Waals surface area contributed by atoms with Gasteiger partial charge in [-0.3, -0.25) is 14.5 Å². The molecule has 3 heterocycles. The number of fused-ring (bicyclic) bond motifs is 4. The molecule has 1 spiro atoms. The summed E-state index contributed by atoms with van der Waals surface area (Å²) in [7, 11) is -2.41. The second kappa shape index (κ2) is 15.6. The number of rotatable bonds is 3. The lowest BCUT2D eigenvalue weighted by Gasteiger charge is -2.48. The van der Waals surface area contributed by atoms with Gasteiger partial charge in [0.25, 0.3) is 5.91 Å². The van der Waals surface area contributed by atoms with Crippen molar-refractivity contribution in [1.82, 2.24) is 14.9 Å². The monoisotopic (exact) mass is 766 g/mol. The Hall–Kier alpha value is -2.96. The SMILES string of the molecule is C1CN(C2CC2)CCN1.CO[C@]1(C=O)/C=C/C[C@H](C)[C@@H](C)S(=O)(=O)NC(=O)c2ccc3c(c2)N(C[C@@H]2CC[C@H]21)C[C@@]1(CCCc2cc(Cl)ccc21)CO3. The lowest BCUT2D eigenvalue weighted by molar-refractivity contribution is -0.135. The van der Waals surface area contributed by atoms with E-state index in [9.17, 15) is 18.0 Å². The summed E-state index contributed by atoms with van der Waals surface area (Å²) in [5.74, 6) is -0.203. The number of carbonyl (C=O) groups excluding carboxylic acids is 2. The third kappa shape index (κ3) is 7.92. The van der Waals surface area contributed by atoms with Crippen LogP contribution in [-0.4, -0.2) is 95.4 Å². The zero-order chi connectivity index (χ0) is 37.4. The maximum Gasteiger partial charge on any atom is 0.264 e. The summed E-state index contributed by atoms with van der Waals surface area (Å²) in [5.41, 5.74) is 2.05. The number of allylic oxidation sites excluding steroid dienone is 1. The van der Waals surface area contributed by atoms with Crippen LogP contribution in [0.1, 0.15) is 80.3 Å². The van der Waals surface area contributed by atoms with Gasteiger partial charge in [0.05, 0.1) is 17.5 Å². The number of methoxy groups -OCH3 is 1. The number of amides is 1. The van der Waals surface area contributed by atoms with Gasteiger partial charge in [-0.25, -0.2) is 13.1 Å². The van der Waals surface area contributed by atoms with Crippen molar-refractivity contribution in [2.24, 2.45) is 17.8 Å². The van der Waals surface area contributed by atoms with Crippen LogP contribution in [-0.2, 0) is 31.4 Å². The molecule has 2 aromatic rings. The first-order valence-electron chi connectivity index (χ1n) is 19.5. The van der Waals surface area contributed by atoms with Gasteiger partial charge in [0.15, 0.2) is 6.29 Å². The van der Waals surface area contributed by atoms with Crippen LogP contribution in [0.5, 0.6) is 5.75 Å². The predicted molar refractivity (Wildman–Crippen MR) is 208 cm³/mol. The summed E-state index contributed by atoms with van der Waals surface area (Å²) in [5, 5.41) is 3.23. The average Bonchev–Trinajstić information content (AvgIpc) is 4.01. The molecule has 288 valence electrons. The molecule has 12 heteroatoms. The van der Waals surface area contributed by atoms with Crippen molar-refractivity contribution in [3.05, 3.63) is 70.3 Å². The molecule has 10 nitrogen and oxygen atoms in total. The number of anilines is 1. The Bertz CT molecular complexity index is 1810. The minimum absolute atomic E-state index is 0.0434. The molecular weight excluding hydrogens is 712 g/mol. The fourth-order valence-electron chi connectivity index (χ4n) is 9.17. The second-order valence-corrected chi connectivity index (χ2v) is 18.7. The van der Waals surface area contributed by atoms with Crippen LogP contribution in [0.4, 0.5) is 5.69 Å². The fourth-order valence-corrected chi connectivity index (χ4v) is 10.6. The molecular formula is C41H55ClN4O6S. The highest BCUT2D eigenvalue weighted by atomic mass is 35.5. The van der Waals surface area contributed by atoms with Crippen LogP contribution >= 0.6 is 11.6 Å². The number of aldehydes is 1. The summed E-state index contributed by atoms with van der Waals surface area (Å²) in [6.07, 6.45) is 12.6. The fraction of sp³-hybridized carbons (Fsp3) is 0.610. The number of ether oxygens (including phenoxy) is 2. The van der Waals surface area contributed by atoms with Gasteiger partial charge in [0.1, 0.15) is 11.4 Å². The van der Waals surface area contributed by atoms with E-state index in [-0.39, 0.29) is 28.7 Å². The van der Waals surface area contributed by atoms with Crippen LogP contribution in [0.15, 0.2) is 48.6 Å². The second-order valence-electron chi connectivity index (χ2n) is 16.2. The molecule has 1 amide bonds. The highest BCUT2D eigenvalue weighted by Gasteiger charge is 2.49. The molecule has 53 heavy (non-hydrogen) atoms. The van der Waals surface area contributed by atoms with Crippen LogP contribution in [0.25, 0.3) is 0 Å². The highest BCUT2D eigenvalue weighted by Crippen LogP contribution is 2.48. The smallest absolute Gasteiger partial charge is 0.264 e. The quantitative estimate of drug-likeness (QED) is 0.308. The van der Waals surface area contributed by atoms with Gasteiger partial charge in [-0.1, -0.05) is 30.7 Å². The highest BCUT2D eigenvalue weighted by molar-refractivity contribution is 7.90. The molecule has 1 saturated heterocycles. The number of benzene rings is 2. The van der Waals surface area contributed by atoms with Crippen molar-refractivity contribution in [2.45, 2.75) is 87.5 Å². The van der Waals surface area contributed by atoms with E-state index in [2.05, 4.69) is 32.0 Å². The van der Waals surface area contributed by atoms with Crippen molar-refractivity contribution in [1.29, 1.82) is 0 Å². The van der Waals surface area contributed by atoms with Crippen molar-refractivity contribution >= 4 is 39.5 Å². The summed E-state index contributed by atoms with van der Waals surface area (Å²) in [4.78, 5) is 31.0. The Labute approximate surface area is 320 Å². The molecule has 3 aliphatic heterocycles. The first kappa shape index (κ1) is 38.3. The minimum atomic E-state index is -3.97. The van der Waals surface area contributed by atoms with E-state index in [1.165, 1.54) is 50.1 Å². The molecule has 3 aliphatic carbocycles. The number of hydrogen-bond donors (Lipinski definition) is 2. The first-order chi connectivity index (χ1) is 25.5. The Morgan fingerprint density at radius 3 is 2.55 bits per heavy atom. The van der Waals surface area contributed by atoms with Crippen LogP contribution in [0.2, 0.25) is 5.02 Å². The van der Waals surface area contributed by atoms with Crippen LogP contribution in [0.3, 0.4) is 0 Å². The molecule has 8 rings (SSSR count). The third-order valence-electron chi connectivity index (χ3n) is 12.9. The molecule has 2 aromatic carbocycles. The van der Waals surface area contributed by atoms with Crippen LogP contribution < -0.4 is 19.7 Å². The molecule has 2 bridgehead atoms. The largest absolute Gasteiger partial charge is 0.490 e. The number of carbonyl (C=O) groups is 2. The van der Waals surface area contributed by atoms with Gasteiger partial charge in [0.2, 0.25) is 10.0 Å². The number of nitrogens with zero attached hydrogens (tertiary/aromatic N) is 2. The average molecular weight is 767 g/mol. The normalized spacial score (nSPS) is 33.4. The maximum absolute atomic E-state index is 13.4. The van der Waals surface area contributed by atoms with Gasteiger partial charge < -0.3 is 19.7 Å². The summed E-state index contributed by atoms with van der Waals surface area (Å²) in [6.45, 7) is 10.1. The van der Waals surface area contributed by atoms with Crippen molar-refractivity contribution in [2.75, 3.05) is 57.9 Å². The molecule has 2 saturated carbocycles. The number of hydrogen-bond acceptors (Lipinski definition) is 9. The van der Waals surface area contributed by atoms with E-state index in [4.69, 9.17) is 21.1 Å². The Morgan fingerprint density at radius 1 is 1.06 bits per heavy atom. The first-order valence-corrected chi connectivity index (χ1v) is 21.4. The summed E-state index contributed by atoms with van der Waals surface area (Å²) in [6, 6.07) is 12.3. The Kier molecular flexibility index (Phi) is 11.3. The maximum atomic E-state index is 13.4. The van der Waals surface area contributed by atoms with Crippen molar-refractivity contribution in [3.63, 3.8) is 0 Å². The van der Waals surface area contributed by atoms with Gasteiger partial charge in [-0.15, -0.1) is 0 Å². The molecule has 6 atom stereocenters. The molecule has 6 aliphatic rings. The van der Waals surface area contributed by atoms with E-state index in [1.54, 1.807) is 32.2 Å². The number of aryl methyl sites for hydroxylation is 1. The van der Waals surface area contributed by atoms with Gasteiger partial charge >= 0.3 is 0 Å².